The first-order valence-corrected chi connectivity index (χ1v) is 11.5. The lowest BCUT2D eigenvalue weighted by molar-refractivity contribution is -0.133. The van der Waals surface area contributed by atoms with Crippen LogP contribution >= 0.6 is 0 Å². The number of halogens is 2. The van der Waals surface area contributed by atoms with Gasteiger partial charge in [0.05, 0.1) is 18.8 Å². The van der Waals surface area contributed by atoms with Crippen molar-refractivity contribution in [3.63, 3.8) is 0 Å². The highest BCUT2D eigenvalue weighted by Crippen LogP contribution is 2.33. The number of hydrogen-bond donors (Lipinski definition) is 1. The molecule has 0 fully saturated rings. The molecule has 2 aromatic carbocycles. The Kier molecular flexibility index (Phi) is 8.24. The Morgan fingerprint density at radius 3 is 2.54 bits per heavy atom. The number of amides is 3. The molecule has 2 heterocycles. The van der Waals surface area contributed by atoms with Gasteiger partial charge in [-0.05, 0) is 48.9 Å². The summed E-state index contributed by atoms with van der Waals surface area (Å²) in [4.78, 5) is 29.2. The summed E-state index contributed by atoms with van der Waals surface area (Å²) in [7, 11) is 1.46. The lowest BCUT2D eigenvalue weighted by Gasteiger charge is -2.27. The van der Waals surface area contributed by atoms with Crippen molar-refractivity contribution in [2.24, 2.45) is 0 Å². The van der Waals surface area contributed by atoms with Crippen LogP contribution in [0.2, 0.25) is 0 Å². The lowest BCUT2D eigenvalue weighted by Crippen LogP contribution is -2.45. The first-order chi connectivity index (χ1) is 17.8. The number of fused-ring (bicyclic) bond motifs is 1. The van der Waals surface area contributed by atoms with Crippen molar-refractivity contribution >= 4 is 17.6 Å². The molecule has 0 spiro atoms. The normalized spacial score (nSPS) is 11.9. The molecule has 0 atom stereocenters. The van der Waals surface area contributed by atoms with E-state index in [9.17, 15) is 18.4 Å². The highest BCUT2D eigenvalue weighted by atomic mass is 19.1. The first-order valence-electron chi connectivity index (χ1n) is 11.5. The average Bonchev–Trinajstić information content (AvgIpc) is 3.51. The van der Waals surface area contributed by atoms with E-state index < -0.39 is 17.7 Å². The number of methoxy groups -OCH3 is 1. The van der Waals surface area contributed by atoms with E-state index in [1.807, 2.05) is 6.07 Å². The fraction of sp³-hybridized carbons (Fsp3) is 0.308. The number of carbonyl (C=O) groups is 2. The second kappa shape index (κ2) is 11.7. The third-order valence-electron chi connectivity index (χ3n) is 5.66. The maximum Gasteiger partial charge on any atom is 0.322 e. The van der Waals surface area contributed by atoms with Gasteiger partial charge in [0.2, 0.25) is 12.7 Å². The van der Waals surface area contributed by atoms with Gasteiger partial charge in [0.15, 0.2) is 11.5 Å². The summed E-state index contributed by atoms with van der Waals surface area (Å²) in [6.45, 7) is 2.20. The summed E-state index contributed by atoms with van der Waals surface area (Å²) >= 11 is 0. The van der Waals surface area contributed by atoms with Crippen LogP contribution in [-0.2, 0) is 22.6 Å². The largest absolute Gasteiger partial charge is 0.464 e. The minimum atomic E-state index is -0.927. The number of benzene rings is 2. The maximum atomic E-state index is 14.1. The van der Waals surface area contributed by atoms with E-state index in [-0.39, 0.29) is 51.2 Å². The number of nitrogens with zero attached hydrogens (tertiary/aromatic N) is 2. The van der Waals surface area contributed by atoms with Gasteiger partial charge in [-0.1, -0.05) is 6.07 Å². The summed E-state index contributed by atoms with van der Waals surface area (Å²) in [6, 6.07) is 11.1. The van der Waals surface area contributed by atoms with Crippen molar-refractivity contribution in [2.75, 3.05) is 38.9 Å². The van der Waals surface area contributed by atoms with E-state index in [4.69, 9.17) is 18.6 Å². The van der Waals surface area contributed by atoms with E-state index >= 15 is 0 Å². The smallest absolute Gasteiger partial charge is 0.322 e. The van der Waals surface area contributed by atoms with Crippen LogP contribution in [0, 0.1) is 18.6 Å². The zero-order chi connectivity index (χ0) is 26.4. The molecule has 0 aliphatic carbocycles. The van der Waals surface area contributed by atoms with E-state index in [0.29, 0.717) is 29.1 Å². The van der Waals surface area contributed by atoms with Gasteiger partial charge in [-0.25, -0.2) is 13.6 Å². The summed E-state index contributed by atoms with van der Waals surface area (Å²) in [6.07, 6.45) is 0. The van der Waals surface area contributed by atoms with E-state index in [1.165, 1.54) is 12.0 Å². The molecule has 1 aliphatic rings. The molecule has 1 aromatic heterocycles. The number of nitrogens with one attached hydrogen (secondary N) is 1. The van der Waals surface area contributed by atoms with Gasteiger partial charge in [0.1, 0.15) is 29.7 Å². The number of anilines is 1. The first kappa shape index (κ1) is 26.0. The summed E-state index contributed by atoms with van der Waals surface area (Å²) in [5.74, 6) is 0.413. The Morgan fingerprint density at radius 1 is 1.00 bits per heavy atom. The van der Waals surface area contributed by atoms with Crippen LogP contribution in [-0.4, -0.2) is 55.3 Å². The van der Waals surface area contributed by atoms with Crippen molar-refractivity contribution in [2.45, 2.75) is 20.0 Å². The van der Waals surface area contributed by atoms with Crippen LogP contribution in [0.3, 0.4) is 0 Å². The predicted octanol–water partition coefficient (Wildman–Crippen LogP) is 4.30. The molecule has 196 valence electrons. The highest BCUT2D eigenvalue weighted by Gasteiger charge is 2.24. The topological polar surface area (TPSA) is 93.5 Å². The molecule has 4 rings (SSSR count). The van der Waals surface area contributed by atoms with Crippen LogP contribution in [0.1, 0.15) is 17.1 Å². The van der Waals surface area contributed by atoms with Gasteiger partial charge >= 0.3 is 6.03 Å². The maximum absolute atomic E-state index is 14.1. The molecule has 3 amide bonds. The third-order valence-corrected chi connectivity index (χ3v) is 5.66. The van der Waals surface area contributed by atoms with Crippen molar-refractivity contribution in [3.8, 4) is 11.5 Å². The zero-order valence-electron chi connectivity index (χ0n) is 20.5. The van der Waals surface area contributed by atoms with Crippen LogP contribution in [0.15, 0.2) is 52.9 Å². The Bertz CT molecular complexity index is 1260. The Labute approximate surface area is 212 Å². The van der Waals surface area contributed by atoms with Crippen LogP contribution < -0.4 is 14.8 Å². The van der Waals surface area contributed by atoms with Crippen molar-refractivity contribution in [1.29, 1.82) is 0 Å². The molecule has 0 saturated heterocycles. The molecule has 3 aromatic rings. The molecule has 37 heavy (non-hydrogen) atoms. The van der Waals surface area contributed by atoms with Crippen LogP contribution in [0.25, 0.3) is 0 Å². The Hall–Kier alpha value is -4.12. The number of urea groups is 1. The number of aryl methyl sites for hydroxylation is 1. The highest BCUT2D eigenvalue weighted by molar-refractivity contribution is 5.92. The summed E-state index contributed by atoms with van der Waals surface area (Å²) in [5, 5.41) is 2.39. The zero-order valence-corrected chi connectivity index (χ0v) is 20.5. The summed E-state index contributed by atoms with van der Waals surface area (Å²) in [5.41, 5.74) is 0.590. The molecule has 9 nitrogen and oxygen atoms in total. The van der Waals surface area contributed by atoms with E-state index in [2.05, 4.69) is 5.32 Å². The van der Waals surface area contributed by atoms with E-state index in [0.717, 1.165) is 17.7 Å². The molecule has 0 radical (unpaired) electrons. The van der Waals surface area contributed by atoms with Gasteiger partial charge in [-0.2, -0.15) is 0 Å². The molecule has 1 N–H and O–H groups in total. The second-order valence-electron chi connectivity index (χ2n) is 8.42. The SMILES string of the molecule is COCCN(CC(=O)N(Cc1ccc2c(c1)OCO2)Cc1ccc(C)o1)C(=O)Nc1ccc(F)cc1F. The van der Waals surface area contributed by atoms with Gasteiger partial charge in [0.25, 0.3) is 0 Å². The van der Waals surface area contributed by atoms with Gasteiger partial charge in [-0.3, -0.25) is 4.79 Å². The molecule has 0 unspecified atom stereocenters. The molecular weight excluding hydrogens is 488 g/mol. The third kappa shape index (κ3) is 6.76. The fourth-order valence-corrected chi connectivity index (χ4v) is 3.75. The van der Waals surface area contributed by atoms with Crippen molar-refractivity contribution in [3.05, 3.63) is 77.2 Å². The van der Waals surface area contributed by atoms with E-state index in [1.54, 1.807) is 36.1 Å². The molecule has 11 heteroatoms. The van der Waals surface area contributed by atoms with Gasteiger partial charge in [-0.15, -0.1) is 0 Å². The summed E-state index contributed by atoms with van der Waals surface area (Å²) < 4.78 is 48.9. The Morgan fingerprint density at radius 2 is 1.81 bits per heavy atom. The molecular formula is C26H27F2N3O6. The molecule has 1 aliphatic heterocycles. The fourth-order valence-electron chi connectivity index (χ4n) is 3.75. The standard InChI is InChI=1S/C26H27F2N3O6/c1-17-3-6-20(37-17)14-31(13-18-4-8-23-24(11-18)36-16-35-23)25(32)15-30(9-10-34-2)26(33)29-22-7-5-19(27)12-21(22)28/h3-8,11-12H,9-10,13-16H2,1-2H3,(H,29,33). The quantitative estimate of drug-likeness (QED) is 0.433. The molecule has 0 bridgehead atoms. The lowest BCUT2D eigenvalue weighted by atomic mass is 10.2. The van der Waals surface area contributed by atoms with Crippen molar-refractivity contribution in [1.82, 2.24) is 9.80 Å². The number of ether oxygens (including phenoxy) is 3. The average molecular weight is 516 g/mol. The monoisotopic (exact) mass is 515 g/mol. The van der Waals surface area contributed by atoms with Crippen LogP contribution in [0.4, 0.5) is 19.3 Å². The second-order valence-corrected chi connectivity index (χ2v) is 8.42. The molecule has 0 saturated carbocycles. The van der Waals surface area contributed by atoms with Gasteiger partial charge < -0.3 is 33.7 Å². The van der Waals surface area contributed by atoms with Crippen LogP contribution in [0.5, 0.6) is 11.5 Å². The Balaban J connectivity index is 1.52. The number of rotatable bonds is 10. The number of carbonyl (C=O) groups excluding carboxylic acids is 2. The van der Waals surface area contributed by atoms with Gasteiger partial charge in [0, 0.05) is 26.3 Å². The minimum Gasteiger partial charge on any atom is -0.464 e. The number of hydrogen-bond acceptors (Lipinski definition) is 6. The number of furan rings is 1. The minimum absolute atomic E-state index is 0.0641. The predicted molar refractivity (Wildman–Crippen MR) is 129 cm³/mol. The van der Waals surface area contributed by atoms with Crippen molar-refractivity contribution < 1.29 is 37.0 Å².